The molecule has 4 nitrogen and oxygen atoms in total. The normalized spacial score (nSPS) is 10.3. The summed E-state index contributed by atoms with van der Waals surface area (Å²) in [6.45, 7) is 0. The molecule has 0 aliphatic carbocycles. The Balaban J connectivity index is 2.82. The van der Waals surface area contributed by atoms with Gasteiger partial charge in [-0.05, 0) is 6.07 Å². The average molecular weight is 222 g/mol. The first kappa shape index (κ1) is 10.6. The van der Waals surface area contributed by atoms with Crippen LogP contribution in [0.25, 0.3) is 0 Å². The summed E-state index contributed by atoms with van der Waals surface area (Å²) in [5.74, 6) is -1.58. The lowest BCUT2D eigenvalue weighted by molar-refractivity contribution is -0.126. The molecule has 0 saturated heterocycles. The number of pyridine rings is 1. The third-order valence-corrected chi connectivity index (χ3v) is 1.53. The van der Waals surface area contributed by atoms with Gasteiger partial charge in [-0.3, -0.25) is 4.79 Å². The smallest absolute Gasteiger partial charge is 0.315 e. The van der Waals surface area contributed by atoms with Crippen LogP contribution in [0.15, 0.2) is 12.3 Å². The van der Waals surface area contributed by atoms with E-state index in [9.17, 15) is 13.6 Å². The summed E-state index contributed by atoms with van der Waals surface area (Å²) >= 11 is 5.51. The number of halogens is 3. The summed E-state index contributed by atoms with van der Waals surface area (Å²) < 4.78 is 23.6. The van der Waals surface area contributed by atoms with Crippen LogP contribution in [0, 0.1) is 0 Å². The van der Waals surface area contributed by atoms with E-state index in [0.717, 1.165) is 0 Å². The van der Waals surface area contributed by atoms with Crippen LogP contribution in [0.1, 0.15) is 0 Å². The highest BCUT2D eigenvalue weighted by Gasteiger charge is 2.16. The number of nitrogens with one attached hydrogen (secondary N) is 1. The van der Waals surface area contributed by atoms with Gasteiger partial charge in [0.2, 0.25) is 0 Å². The van der Waals surface area contributed by atoms with Crippen molar-refractivity contribution in [2.45, 2.75) is 6.43 Å². The molecule has 0 spiro atoms. The van der Waals surface area contributed by atoms with Crippen LogP contribution >= 0.6 is 11.6 Å². The number of hydrogen-bond acceptors (Lipinski definition) is 3. The molecular formula is C7H6ClF2N3O. The van der Waals surface area contributed by atoms with E-state index in [1.807, 2.05) is 5.32 Å². The maximum absolute atomic E-state index is 11.8. The molecule has 0 bridgehead atoms. The molecule has 1 aromatic heterocycles. The number of hydrogen-bond donors (Lipinski definition) is 2. The van der Waals surface area contributed by atoms with E-state index < -0.39 is 12.3 Å². The average Bonchev–Trinajstić information content (AvgIpc) is 2.09. The Labute approximate surface area is 83.1 Å². The zero-order valence-corrected chi connectivity index (χ0v) is 7.55. The third kappa shape index (κ3) is 2.53. The molecule has 3 N–H and O–H groups in total. The van der Waals surface area contributed by atoms with E-state index in [-0.39, 0.29) is 16.5 Å². The summed E-state index contributed by atoms with van der Waals surface area (Å²) in [5, 5.41) is 2.11. The van der Waals surface area contributed by atoms with Crippen LogP contribution in [-0.4, -0.2) is 17.3 Å². The summed E-state index contributed by atoms with van der Waals surface area (Å²) in [7, 11) is 0. The molecule has 0 unspecified atom stereocenters. The van der Waals surface area contributed by atoms with Gasteiger partial charge in [-0.15, -0.1) is 0 Å². The highest BCUT2D eigenvalue weighted by atomic mass is 35.5. The highest BCUT2D eigenvalue weighted by Crippen LogP contribution is 2.19. The number of aromatic nitrogens is 1. The maximum atomic E-state index is 11.8. The molecule has 1 rings (SSSR count). The summed E-state index contributed by atoms with van der Waals surface area (Å²) in [6, 6.07) is 1.30. The molecular weight excluding hydrogens is 216 g/mol. The Hall–Kier alpha value is -1.43. The van der Waals surface area contributed by atoms with Crippen molar-refractivity contribution >= 4 is 29.0 Å². The van der Waals surface area contributed by atoms with Crippen LogP contribution in [0.3, 0.4) is 0 Å². The molecule has 0 saturated carbocycles. The lowest BCUT2D eigenvalue weighted by Gasteiger charge is -2.05. The van der Waals surface area contributed by atoms with Gasteiger partial charge in [0.1, 0.15) is 0 Å². The topological polar surface area (TPSA) is 68.0 Å². The van der Waals surface area contributed by atoms with Crippen LogP contribution in [0.5, 0.6) is 0 Å². The lowest BCUT2D eigenvalue weighted by Crippen LogP contribution is -2.21. The van der Waals surface area contributed by atoms with Gasteiger partial charge in [-0.25, -0.2) is 4.98 Å². The lowest BCUT2D eigenvalue weighted by atomic mass is 10.4. The fourth-order valence-corrected chi connectivity index (χ4v) is 0.897. The van der Waals surface area contributed by atoms with Gasteiger partial charge in [0.25, 0.3) is 5.91 Å². The van der Waals surface area contributed by atoms with Crippen LogP contribution in [0.4, 0.5) is 20.3 Å². The van der Waals surface area contributed by atoms with Crippen molar-refractivity contribution in [3.05, 3.63) is 17.3 Å². The number of amides is 1. The minimum atomic E-state index is -3.10. The number of nitrogen functional groups attached to an aromatic ring is 1. The van der Waals surface area contributed by atoms with Gasteiger partial charge in [-0.2, -0.15) is 8.78 Å². The number of anilines is 2. The second-order valence-corrected chi connectivity index (χ2v) is 2.82. The third-order valence-electron chi connectivity index (χ3n) is 1.32. The van der Waals surface area contributed by atoms with Crippen molar-refractivity contribution in [1.82, 2.24) is 4.98 Å². The molecule has 0 aliphatic heterocycles. The van der Waals surface area contributed by atoms with Crippen LogP contribution in [-0.2, 0) is 4.79 Å². The number of rotatable bonds is 2. The SMILES string of the molecule is Nc1cc(Cl)cnc1NC(=O)C(F)F. The second-order valence-electron chi connectivity index (χ2n) is 2.38. The first-order valence-corrected chi connectivity index (χ1v) is 3.88. The van der Waals surface area contributed by atoms with Crippen LogP contribution < -0.4 is 11.1 Å². The van der Waals surface area contributed by atoms with Gasteiger partial charge in [0, 0.05) is 6.20 Å². The van der Waals surface area contributed by atoms with Gasteiger partial charge >= 0.3 is 6.43 Å². The Morgan fingerprint density at radius 1 is 1.64 bits per heavy atom. The minimum absolute atomic E-state index is 0.0338. The van der Waals surface area contributed by atoms with Crippen molar-refractivity contribution in [2.24, 2.45) is 0 Å². The highest BCUT2D eigenvalue weighted by molar-refractivity contribution is 6.30. The molecule has 0 radical (unpaired) electrons. The minimum Gasteiger partial charge on any atom is -0.396 e. The van der Waals surface area contributed by atoms with E-state index in [1.165, 1.54) is 12.3 Å². The fourth-order valence-electron chi connectivity index (χ4n) is 0.731. The zero-order valence-electron chi connectivity index (χ0n) is 6.80. The quantitative estimate of drug-likeness (QED) is 0.796. The van der Waals surface area contributed by atoms with E-state index in [2.05, 4.69) is 4.98 Å². The molecule has 76 valence electrons. The molecule has 0 aromatic carbocycles. The van der Waals surface area contributed by atoms with E-state index in [4.69, 9.17) is 17.3 Å². The second kappa shape index (κ2) is 4.19. The standard InChI is InChI=1S/C7H6ClF2N3O/c8-3-1-4(11)6(12-2-3)13-7(14)5(9)10/h1-2,5H,11H2,(H,12,13,14). The predicted molar refractivity (Wildman–Crippen MR) is 48.3 cm³/mol. The van der Waals surface area contributed by atoms with Crippen molar-refractivity contribution in [3.8, 4) is 0 Å². The zero-order chi connectivity index (χ0) is 10.7. The largest absolute Gasteiger partial charge is 0.396 e. The summed E-state index contributed by atoms with van der Waals surface area (Å²) in [6.07, 6.45) is -1.91. The van der Waals surface area contributed by atoms with E-state index in [1.54, 1.807) is 0 Å². The summed E-state index contributed by atoms with van der Waals surface area (Å²) in [4.78, 5) is 14.1. The summed E-state index contributed by atoms with van der Waals surface area (Å²) in [5.41, 5.74) is 5.40. The van der Waals surface area contributed by atoms with Gasteiger partial charge < -0.3 is 11.1 Å². The Morgan fingerprint density at radius 2 is 2.29 bits per heavy atom. The number of nitrogens with two attached hydrogens (primary N) is 1. The van der Waals surface area contributed by atoms with Crippen molar-refractivity contribution in [3.63, 3.8) is 0 Å². The monoisotopic (exact) mass is 221 g/mol. The Morgan fingerprint density at radius 3 is 2.79 bits per heavy atom. The van der Waals surface area contributed by atoms with Crippen molar-refractivity contribution in [1.29, 1.82) is 0 Å². The molecule has 0 aliphatic rings. The molecule has 7 heteroatoms. The molecule has 1 heterocycles. The van der Waals surface area contributed by atoms with Crippen LogP contribution in [0.2, 0.25) is 5.02 Å². The number of nitrogens with zero attached hydrogens (tertiary/aromatic N) is 1. The fraction of sp³-hybridized carbons (Fsp3) is 0.143. The van der Waals surface area contributed by atoms with Crippen molar-refractivity contribution < 1.29 is 13.6 Å². The molecule has 0 fully saturated rings. The first-order valence-electron chi connectivity index (χ1n) is 3.50. The number of carbonyl (C=O) groups is 1. The molecule has 14 heavy (non-hydrogen) atoms. The Bertz CT molecular complexity index is 359. The van der Waals surface area contributed by atoms with Gasteiger partial charge in [0.05, 0.1) is 10.7 Å². The molecule has 1 amide bonds. The van der Waals surface area contributed by atoms with E-state index >= 15 is 0 Å². The van der Waals surface area contributed by atoms with E-state index in [0.29, 0.717) is 0 Å². The van der Waals surface area contributed by atoms with Gasteiger partial charge in [0.15, 0.2) is 5.82 Å². The first-order chi connectivity index (χ1) is 6.50. The Kier molecular flexibility index (Phi) is 3.19. The molecule has 0 atom stereocenters. The van der Waals surface area contributed by atoms with Gasteiger partial charge in [-0.1, -0.05) is 11.6 Å². The van der Waals surface area contributed by atoms with Crippen molar-refractivity contribution in [2.75, 3.05) is 11.1 Å². The number of alkyl halides is 2. The molecule has 1 aromatic rings. The predicted octanol–water partition coefficient (Wildman–Crippen LogP) is 1.52. The number of carbonyl (C=O) groups excluding carboxylic acids is 1. The maximum Gasteiger partial charge on any atom is 0.315 e.